The summed E-state index contributed by atoms with van der Waals surface area (Å²) in [4.78, 5) is 14.4. The maximum absolute atomic E-state index is 13.6. The van der Waals surface area contributed by atoms with Gasteiger partial charge in [0.2, 0.25) is 0 Å². The molecule has 0 bridgehead atoms. The zero-order valence-electron chi connectivity index (χ0n) is 10.5. The third-order valence-electron chi connectivity index (χ3n) is 3.26. The lowest BCUT2D eigenvalue weighted by Gasteiger charge is -2.36. The number of carboxylic acids is 1. The topological polar surface area (TPSA) is 43.8 Å². The summed E-state index contributed by atoms with van der Waals surface area (Å²) in [6, 6.07) is 3.57. The summed E-state index contributed by atoms with van der Waals surface area (Å²) in [5, 5.41) is 8.61. The Bertz CT molecular complexity index is 460. The van der Waals surface area contributed by atoms with E-state index in [1.165, 1.54) is 12.1 Å². The second kappa shape index (κ2) is 5.97. The zero-order valence-corrected chi connectivity index (χ0v) is 10.5. The standard InChI is InChI=1S/C13H16F2N2O2/c14-10-1-2-12(11(15)9-10)17-7-5-16(6-8-17)4-3-13(18)19/h1-2,9H,3-8H2,(H,18,19). The number of aliphatic carboxylic acids is 1. The van der Waals surface area contributed by atoms with Crippen LogP contribution in [0, 0.1) is 11.6 Å². The van der Waals surface area contributed by atoms with Gasteiger partial charge in [0.05, 0.1) is 12.1 Å². The molecule has 1 aliphatic rings. The Labute approximate surface area is 110 Å². The third-order valence-corrected chi connectivity index (χ3v) is 3.26. The molecule has 0 aliphatic carbocycles. The van der Waals surface area contributed by atoms with E-state index in [-0.39, 0.29) is 6.42 Å². The smallest absolute Gasteiger partial charge is 0.304 e. The first-order chi connectivity index (χ1) is 9.06. The Hall–Kier alpha value is -1.69. The van der Waals surface area contributed by atoms with Crippen LogP contribution in [0.4, 0.5) is 14.5 Å². The summed E-state index contributed by atoms with van der Waals surface area (Å²) in [6.07, 6.45) is 0.116. The van der Waals surface area contributed by atoms with Gasteiger partial charge >= 0.3 is 5.97 Å². The molecule has 19 heavy (non-hydrogen) atoms. The number of benzene rings is 1. The van der Waals surface area contributed by atoms with Gasteiger partial charge in [-0.1, -0.05) is 0 Å². The highest BCUT2D eigenvalue weighted by Gasteiger charge is 2.19. The molecule has 104 valence electrons. The highest BCUT2D eigenvalue weighted by Crippen LogP contribution is 2.21. The molecule has 1 heterocycles. The quantitative estimate of drug-likeness (QED) is 0.901. The van der Waals surface area contributed by atoms with Crippen LogP contribution in [0.5, 0.6) is 0 Å². The summed E-state index contributed by atoms with van der Waals surface area (Å²) in [7, 11) is 0. The number of hydrogen-bond acceptors (Lipinski definition) is 3. The van der Waals surface area contributed by atoms with Gasteiger partial charge in [0.25, 0.3) is 0 Å². The van der Waals surface area contributed by atoms with Gasteiger partial charge in [0, 0.05) is 38.8 Å². The van der Waals surface area contributed by atoms with Crippen LogP contribution in [0.1, 0.15) is 6.42 Å². The van der Waals surface area contributed by atoms with E-state index in [9.17, 15) is 13.6 Å². The minimum atomic E-state index is -0.813. The van der Waals surface area contributed by atoms with Gasteiger partial charge in [-0.2, -0.15) is 0 Å². The number of rotatable bonds is 4. The minimum absolute atomic E-state index is 0.116. The van der Waals surface area contributed by atoms with E-state index in [0.29, 0.717) is 38.4 Å². The first kappa shape index (κ1) is 13.7. The lowest BCUT2D eigenvalue weighted by atomic mass is 10.2. The largest absolute Gasteiger partial charge is 0.481 e. The van der Waals surface area contributed by atoms with Crippen LogP contribution < -0.4 is 4.90 Å². The number of piperazine rings is 1. The molecule has 0 unspecified atom stereocenters. The molecule has 6 heteroatoms. The van der Waals surface area contributed by atoms with E-state index in [0.717, 1.165) is 6.07 Å². The molecule has 1 aliphatic heterocycles. The van der Waals surface area contributed by atoms with Crippen molar-refractivity contribution >= 4 is 11.7 Å². The second-order valence-electron chi connectivity index (χ2n) is 4.57. The highest BCUT2D eigenvalue weighted by molar-refractivity contribution is 5.66. The first-order valence-corrected chi connectivity index (χ1v) is 6.20. The predicted molar refractivity (Wildman–Crippen MR) is 67.3 cm³/mol. The average molecular weight is 270 g/mol. The SMILES string of the molecule is O=C(O)CCN1CCN(c2ccc(F)cc2F)CC1. The molecule has 4 nitrogen and oxygen atoms in total. The second-order valence-corrected chi connectivity index (χ2v) is 4.57. The lowest BCUT2D eigenvalue weighted by Crippen LogP contribution is -2.47. The Kier molecular flexibility index (Phi) is 4.31. The van der Waals surface area contributed by atoms with Crippen molar-refractivity contribution in [2.24, 2.45) is 0 Å². The maximum Gasteiger partial charge on any atom is 0.304 e. The molecule has 1 aromatic carbocycles. The van der Waals surface area contributed by atoms with Gasteiger partial charge in [0.15, 0.2) is 0 Å². The molecule has 0 amide bonds. The van der Waals surface area contributed by atoms with Crippen molar-refractivity contribution in [2.45, 2.75) is 6.42 Å². The van der Waals surface area contributed by atoms with Crippen molar-refractivity contribution in [3.05, 3.63) is 29.8 Å². The molecule has 0 radical (unpaired) electrons. The molecule has 1 fully saturated rings. The van der Waals surface area contributed by atoms with Gasteiger partial charge in [0.1, 0.15) is 11.6 Å². The Morgan fingerprint density at radius 1 is 1.21 bits per heavy atom. The van der Waals surface area contributed by atoms with Gasteiger partial charge < -0.3 is 10.0 Å². The van der Waals surface area contributed by atoms with Crippen molar-refractivity contribution in [1.29, 1.82) is 0 Å². The van der Waals surface area contributed by atoms with E-state index in [2.05, 4.69) is 0 Å². The van der Waals surface area contributed by atoms with E-state index in [1.807, 2.05) is 9.80 Å². The van der Waals surface area contributed by atoms with Crippen molar-refractivity contribution in [3.63, 3.8) is 0 Å². The fraction of sp³-hybridized carbons (Fsp3) is 0.462. The summed E-state index contributed by atoms with van der Waals surface area (Å²) in [5.41, 5.74) is 0.402. The fourth-order valence-corrected chi connectivity index (χ4v) is 2.20. The van der Waals surface area contributed by atoms with Gasteiger partial charge in [-0.25, -0.2) is 8.78 Å². The molecule has 1 saturated heterocycles. The van der Waals surface area contributed by atoms with Crippen molar-refractivity contribution in [1.82, 2.24) is 4.90 Å². The number of hydrogen-bond donors (Lipinski definition) is 1. The van der Waals surface area contributed by atoms with Gasteiger partial charge in [-0.05, 0) is 12.1 Å². The van der Waals surface area contributed by atoms with Gasteiger partial charge in [-0.15, -0.1) is 0 Å². The summed E-state index contributed by atoms with van der Waals surface area (Å²) >= 11 is 0. The lowest BCUT2D eigenvalue weighted by molar-refractivity contribution is -0.137. The molecule has 2 rings (SSSR count). The number of halogens is 2. The normalized spacial score (nSPS) is 16.6. The van der Waals surface area contributed by atoms with Crippen LogP contribution in [-0.4, -0.2) is 48.7 Å². The zero-order chi connectivity index (χ0) is 13.8. The van der Waals surface area contributed by atoms with Crippen molar-refractivity contribution < 1.29 is 18.7 Å². The van der Waals surface area contributed by atoms with E-state index < -0.39 is 17.6 Å². The highest BCUT2D eigenvalue weighted by atomic mass is 19.1. The molecular formula is C13H16F2N2O2. The molecule has 0 atom stereocenters. The van der Waals surface area contributed by atoms with Crippen molar-refractivity contribution in [3.8, 4) is 0 Å². The minimum Gasteiger partial charge on any atom is -0.481 e. The number of anilines is 1. The van der Waals surface area contributed by atoms with Crippen LogP contribution >= 0.6 is 0 Å². The summed E-state index contributed by atoms with van der Waals surface area (Å²) in [6.45, 7) is 3.10. The van der Waals surface area contributed by atoms with E-state index >= 15 is 0 Å². The van der Waals surface area contributed by atoms with Crippen molar-refractivity contribution in [2.75, 3.05) is 37.6 Å². The first-order valence-electron chi connectivity index (χ1n) is 6.20. The van der Waals surface area contributed by atoms with Gasteiger partial charge in [-0.3, -0.25) is 9.69 Å². The molecule has 1 N–H and O–H groups in total. The number of carbonyl (C=O) groups is 1. The average Bonchev–Trinajstić information content (AvgIpc) is 2.37. The van der Waals surface area contributed by atoms with E-state index in [1.54, 1.807) is 0 Å². The maximum atomic E-state index is 13.6. The van der Waals surface area contributed by atoms with Crippen LogP contribution in [0.3, 0.4) is 0 Å². The van der Waals surface area contributed by atoms with Crippen LogP contribution in [-0.2, 0) is 4.79 Å². The molecular weight excluding hydrogens is 254 g/mol. The number of carboxylic acid groups (broad SMARTS) is 1. The predicted octanol–water partition coefficient (Wildman–Crippen LogP) is 1.56. The molecule has 0 saturated carbocycles. The third kappa shape index (κ3) is 3.64. The van der Waals surface area contributed by atoms with Crippen LogP contribution in [0.25, 0.3) is 0 Å². The molecule has 0 spiro atoms. The molecule has 1 aromatic rings. The monoisotopic (exact) mass is 270 g/mol. The fourth-order valence-electron chi connectivity index (χ4n) is 2.20. The Balaban J connectivity index is 1.90. The molecule has 0 aromatic heterocycles. The number of nitrogens with zero attached hydrogens (tertiary/aromatic N) is 2. The van der Waals surface area contributed by atoms with Crippen LogP contribution in [0.2, 0.25) is 0 Å². The Morgan fingerprint density at radius 3 is 2.47 bits per heavy atom. The van der Waals surface area contributed by atoms with E-state index in [4.69, 9.17) is 5.11 Å². The van der Waals surface area contributed by atoms with Crippen LogP contribution in [0.15, 0.2) is 18.2 Å². The Morgan fingerprint density at radius 2 is 1.89 bits per heavy atom. The summed E-state index contributed by atoms with van der Waals surface area (Å²) < 4.78 is 26.4. The summed E-state index contributed by atoms with van der Waals surface area (Å²) in [5.74, 6) is -1.95.